The van der Waals surface area contributed by atoms with E-state index in [0.717, 1.165) is 0 Å². The van der Waals surface area contributed by atoms with Gasteiger partial charge < -0.3 is 10.5 Å². The zero-order chi connectivity index (χ0) is 17.1. The molecule has 0 aromatic heterocycles. The Kier molecular flexibility index (Phi) is 5.17. The molecule has 0 heterocycles. The average Bonchev–Trinajstić information content (AvgIpc) is 2.41. The molecule has 122 valence electrons. The molecule has 0 saturated carbocycles. The van der Waals surface area contributed by atoms with Crippen molar-refractivity contribution < 1.29 is 40.7 Å². The third kappa shape index (κ3) is 4.20. The molecule has 0 aliphatic rings. The van der Waals surface area contributed by atoms with E-state index in [1.807, 2.05) is 0 Å². The van der Waals surface area contributed by atoms with E-state index >= 15 is 0 Å². The Morgan fingerprint density at radius 1 is 1.00 bits per heavy atom. The highest BCUT2D eigenvalue weighted by molar-refractivity contribution is 5.95. The highest BCUT2D eigenvalue weighted by Crippen LogP contribution is 2.39. The Hall–Kier alpha value is -2.10. The predicted octanol–water partition coefficient (Wildman–Crippen LogP) is 2.41. The molecule has 0 bridgehead atoms. The Bertz CT molecular complexity index is 547. The van der Waals surface area contributed by atoms with Gasteiger partial charge in [0.25, 0.3) is 0 Å². The first-order valence-electron chi connectivity index (χ1n) is 5.64. The van der Waals surface area contributed by atoms with Crippen molar-refractivity contribution in [2.75, 3.05) is 13.2 Å². The van der Waals surface area contributed by atoms with E-state index in [4.69, 9.17) is 5.73 Å². The number of carbonyl (C=O) groups is 2. The predicted molar refractivity (Wildman–Crippen MR) is 60.8 cm³/mol. The highest BCUT2D eigenvalue weighted by Gasteiger charge is 2.43. The molecule has 1 aromatic carbocycles. The van der Waals surface area contributed by atoms with Gasteiger partial charge in [-0.25, -0.2) is 4.79 Å². The summed E-state index contributed by atoms with van der Waals surface area (Å²) in [6, 6.07) is 1.15. The molecule has 22 heavy (non-hydrogen) atoms. The quantitative estimate of drug-likeness (QED) is 0.680. The number of ketones is 1. The normalized spacial score (nSPS) is 12.1. The van der Waals surface area contributed by atoms with Crippen molar-refractivity contribution in [1.82, 2.24) is 0 Å². The molecule has 10 heteroatoms. The summed E-state index contributed by atoms with van der Waals surface area (Å²) < 4.78 is 80.9. The number of halogens is 6. The maximum absolute atomic E-state index is 12.8. The largest absolute Gasteiger partial charge is 0.454 e. The fourth-order valence-electron chi connectivity index (χ4n) is 1.52. The van der Waals surface area contributed by atoms with Crippen LogP contribution in [0.1, 0.15) is 21.5 Å². The van der Waals surface area contributed by atoms with E-state index < -0.39 is 53.9 Å². The summed E-state index contributed by atoms with van der Waals surface area (Å²) in [6.07, 6.45) is -10.4. The van der Waals surface area contributed by atoms with Gasteiger partial charge in [-0.3, -0.25) is 4.79 Å². The number of alkyl halides is 6. The van der Waals surface area contributed by atoms with E-state index in [1.54, 1.807) is 0 Å². The van der Waals surface area contributed by atoms with Gasteiger partial charge >= 0.3 is 18.3 Å². The molecular weight excluding hydrogens is 320 g/mol. The number of hydrogen-bond donors (Lipinski definition) is 1. The van der Waals surface area contributed by atoms with Gasteiger partial charge in [-0.05, 0) is 12.1 Å². The van der Waals surface area contributed by atoms with E-state index in [2.05, 4.69) is 4.74 Å². The van der Waals surface area contributed by atoms with Gasteiger partial charge in [0.1, 0.15) is 0 Å². The van der Waals surface area contributed by atoms with Gasteiger partial charge in [-0.15, -0.1) is 0 Å². The van der Waals surface area contributed by atoms with Crippen LogP contribution < -0.4 is 5.73 Å². The van der Waals surface area contributed by atoms with Crippen LogP contribution in [-0.4, -0.2) is 24.9 Å². The average molecular weight is 329 g/mol. The maximum Gasteiger partial charge on any atom is 0.417 e. The van der Waals surface area contributed by atoms with Crippen molar-refractivity contribution in [3.05, 3.63) is 34.9 Å². The number of benzene rings is 1. The number of nitrogens with two attached hydrogens (primary N) is 1. The van der Waals surface area contributed by atoms with E-state index in [0.29, 0.717) is 18.2 Å². The van der Waals surface area contributed by atoms with Crippen LogP contribution in [0.4, 0.5) is 26.3 Å². The molecule has 0 fully saturated rings. The lowest BCUT2D eigenvalue weighted by atomic mass is 10.00. The minimum Gasteiger partial charge on any atom is -0.454 e. The Balaban J connectivity index is 3.35. The summed E-state index contributed by atoms with van der Waals surface area (Å²) in [6.45, 7) is -1.58. The van der Waals surface area contributed by atoms with Crippen LogP contribution in [0.15, 0.2) is 18.2 Å². The fourth-order valence-corrected chi connectivity index (χ4v) is 1.52. The fraction of sp³-hybridized carbons (Fsp3) is 0.333. The SMILES string of the molecule is NCC(=O)COC(=O)c1c(C(F)(F)F)cccc1C(F)(F)F. The number of hydrogen-bond acceptors (Lipinski definition) is 4. The van der Waals surface area contributed by atoms with E-state index in [1.165, 1.54) is 0 Å². The molecule has 4 nitrogen and oxygen atoms in total. The first-order valence-corrected chi connectivity index (χ1v) is 5.64. The molecule has 0 amide bonds. The summed E-state index contributed by atoms with van der Waals surface area (Å²) in [4.78, 5) is 22.4. The van der Waals surface area contributed by atoms with Gasteiger partial charge in [0, 0.05) is 0 Å². The first kappa shape index (κ1) is 18.0. The van der Waals surface area contributed by atoms with Crippen molar-refractivity contribution >= 4 is 11.8 Å². The van der Waals surface area contributed by atoms with Gasteiger partial charge in [-0.1, -0.05) is 6.07 Å². The zero-order valence-electron chi connectivity index (χ0n) is 10.7. The Morgan fingerprint density at radius 3 is 1.82 bits per heavy atom. The summed E-state index contributed by atoms with van der Waals surface area (Å²) in [5.74, 6) is -2.76. The van der Waals surface area contributed by atoms with Crippen LogP contribution in [0.2, 0.25) is 0 Å². The smallest absolute Gasteiger partial charge is 0.417 e. The monoisotopic (exact) mass is 329 g/mol. The van der Waals surface area contributed by atoms with Crippen LogP contribution in [0.5, 0.6) is 0 Å². The third-order valence-electron chi connectivity index (χ3n) is 2.47. The van der Waals surface area contributed by atoms with Crippen molar-refractivity contribution in [2.45, 2.75) is 12.4 Å². The number of rotatable bonds is 4. The second kappa shape index (κ2) is 6.34. The molecule has 0 aliphatic carbocycles. The lowest BCUT2D eigenvalue weighted by Crippen LogP contribution is -2.25. The lowest BCUT2D eigenvalue weighted by Gasteiger charge is -2.17. The molecule has 0 spiro atoms. The van der Waals surface area contributed by atoms with Gasteiger partial charge in [0.15, 0.2) is 12.4 Å². The van der Waals surface area contributed by atoms with Crippen molar-refractivity contribution in [2.24, 2.45) is 5.73 Å². The van der Waals surface area contributed by atoms with E-state index in [9.17, 15) is 35.9 Å². The molecule has 0 atom stereocenters. The van der Waals surface area contributed by atoms with Crippen molar-refractivity contribution in [3.8, 4) is 0 Å². The molecule has 1 aromatic rings. The maximum atomic E-state index is 12.8. The number of esters is 1. The van der Waals surface area contributed by atoms with Crippen LogP contribution in [0.25, 0.3) is 0 Å². The summed E-state index contributed by atoms with van der Waals surface area (Å²) >= 11 is 0. The van der Waals surface area contributed by atoms with Gasteiger partial charge in [0.05, 0.1) is 23.2 Å². The van der Waals surface area contributed by atoms with Crippen LogP contribution >= 0.6 is 0 Å². The highest BCUT2D eigenvalue weighted by atomic mass is 19.4. The van der Waals surface area contributed by atoms with Crippen molar-refractivity contribution in [1.29, 1.82) is 0 Å². The van der Waals surface area contributed by atoms with Crippen LogP contribution in [0, 0.1) is 0 Å². The second-order valence-corrected chi connectivity index (χ2v) is 4.04. The third-order valence-corrected chi connectivity index (χ3v) is 2.47. The summed E-state index contributed by atoms with van der Waals surface area (Å²) in [5, 5.41) is 0. The number of Topliss-reactive ketones (excluding diaryl/α,β-unsaturated/α-hetero) is 1. The molecular formula is C12H9F6NO3. The molecule has 0 radical (unpaired) electrons. The standard InChI is InChI=1S/C12H9F6NO3/c13-11(14,15)7-2-1-3-8(12(16,17)18)9(7)10(21)22-5-6(20)4-19/h1-3H,4-5,19H2. The van der Waals surface area contributed by atoms with Crippen molar-refractivity contribution in [3.63, 3.8) is 0 Å². The van der Waals surface area contributed by atoms with E-state index in [-0.39, 0.29) is 0 Å². The zero-order valence-corrected chi connectivity index (χ0v) is 10.7. The van der Waals surface area contributed by atoms with Gasteiger partial charge in [-0.2, -0.15) is 26.3 Å². The molecule has 0 saturated heterocycles. The molecule has 2 N–H and O–H groups in total. The Labute approximate surface area is 119 Å². The van der Waals surface area contributed by atoms with Crippen LogP contribution in [0.3, 0.4) is 0 Å². The number of ether oxygens (including phenoxy) is 1. The topological polar surface area (TPSA) is 69.4 Å². The first-order chi connectivity index (χ1) is 9.98. The number of carbonyl (C=O) groups excluding carboxylic acids is 2. The van der Waals surface area contributed by atoms with Crippen LogP contribution in [-0.2, 0) is 21.9 Å². The molecule has 1 rings (SSSR count). The minimum atomic E-state index is -5.20. The molecule has 0 aliphatic heterocycles. The minimum absolute atomic E-state index is 0.316. The molecule has 0 unspecified atom stereocenters. The summed E-state index contributed by atoms with van der Waals surface area (Å²) in [7, 11) is 0. The van der Waals surface area contributed by atoms with Gasteiger partial charge in [0.2, 0.25) is 0 Å². The summed E-state index contributed by atoms with van der Waals surface area (Å²) in [5.41, 5.74) is -0.390. The second-order valence-electron chi connectivity index (χ2n) is 4.04. The lowest BCUT2D eigenvalue weighted by molar-refractivity contribution is -0.144. The Morgan fingerprint density at radius 2 is 1.45 bits per heavy atom.